The zero-order valence-electron chi connectivity index (χ0n) is 22.6. The number of unbranched alkanes of at least 4 members (excludes halogenated alkanes) is 1. The number of carbonyl (C=O) groups is 1. The Bertz CT molecular complexity index is 1150. The van der Waals surface area contributed by atoms with Gasteiger partial charge in [-0.25, -0.2) is 0 Å². The molecule has 0 unspecified atom stereocenters. The van der Waals surface area contributed by atoms with Gasteiger partial charge in [0, 0.05) is 63.5 Å². The zero-order chi connectivity index (χ0) is 26.2. The summed E-state index contributed by atoms with van der Waals surface area (Å²) in [6, 6.07) is 11.8. The van der Waals surface area contributed by atoms with Gasteiger partial charge in [0.25, 0.3) is 5.91 Å². The van der Waals surface area contributed by atoms with E-state index >= 15 is 0 Å². The third kappa shape index (κ3) is 6.75. The van der Waals surface area contributed by atoms with Crippen molar-refractivity contribution in [1.29, 1.82) is 0 Å². The summed E-state index contributed by atoms with van der Waals surface area (Å²) in [4.78, 5) is 22.1. The van der Waals surface area contributed by atoms with E-state index in [1.54, 1.807) is 12.4 Å². The molecule has 2 aliphatic heterocycles. The average Bonchev–Trinajstić information content (AvgIpc) is 3.34. The number of furan rings is 1. The van der Waals surface area contributed by atoms with Crippen molar-refractivity contribution in [2.45, 2.75) is 70.5 Å². The number of pyridine rings is 1. The number of amides is 1. The van der Waals surface area contributed by atoms with Gasteiger partial charge in [-0.1, -0.05) is 31.5 Å². The molecule has 7 nitrogen and oxygen atoms in total. The van der Waals surface area contributed by atoms with E-state index in [2.05, 4.69) is 16.8 Å². The minimum atomic E-state index is 0.107. The Kier molecular flexibility index (Phi) is 9.31. The van der Waals surface area contributed by atoms with Crippen LogP contribution in [0.25, 0.3) is 11.0 Å². The van der Waals surface area contributed by atoms with Crippen molar-refractivity contribution in [3.8, 4) is 5.75 Å². The Morgan fingerprint density at radius 2 is 1.71 bits per heavy atom. The summed E-state index contributed by atoms with van der Waals surface area (Å²) in [6.45, 7) is 7.62. The molecular weight excluding hydrogens is 478 g/mol. The van der Waals surface area contributed by atoms with Crippen LogP contribution in [0.4, 0.5) is 0 Å². The normalized spacial score (nSPS) is 17.8. The van der Waals surface area contributed by atoms with Crippen molar-refractivity contribution in [2.75, 3.05) is 39.3 Å². The van der Waals surface area contributed by atoms with Crippen LogP contribution >= 0.6 is 0 Å². The molecule has 2 saturated heterocycles. The topological polar surface area (TPSA) is 68.0 Å². The average molecular weight is 520 g/mol. The quantitative estimate of drug-likeness (QED) is 0.302. The molecule has 0 aliphatic carbocycles. The van der Waals surface area contributed by atoms with Gasteiger partial charge in [0.15, 0.2) is 0 Å². The number of likely N-dealkylation sites (tertiary alicyclic amines) is 2. The van der Waals surface area contributed by atoms with Crippen LogP contribution in [0.5, 0.6) is 5.75 Å². The van der Waals surface area contributed by atoms with E-state index in [4.69, 9.17) is 13.9 Å². The van der Waals surface area contributed by atoms with Crippen molar-refractivity contribution in [3.63, 3.8) is 0 Å². The lowest BCUT2D eigenvalue weighted by Crippen LogP contribution is -2.41. The molecule has 4 heterocycles. The summed E-state index contributed by atoms with van der Waals surface area (Å²) >= 11 is 0. The fraction of sp³-hybridized carbons (Fsp3) is 0.548. The molecule has 0 saturated carbocycles. The number of nitrogens with zero attached hydrogens (tertiary/aromatic N) is 3. The van der Waals surface area contributed by atoms with Gasteiger partial charge < -0.3 is 23.7 Å². The molecule has 0 spiro atoms. The number of hydrogen-bond donors (Lipinski definition) is 0. The van der Waals surface area contributed by atoms with Crippen molar-refractivity contribution >= 4 is 16.9 Å². The SMILES string of the molecule is CCCCc1oc2ccccc2c1C(=O)N1CCC(OCCCN2CCC(Oc3ccncc3)CC2)CC1. The first-order chi connectivity index (χ1) is 18.7. The molecule has 0 bridgehead atoms. The first kappa shape index (κ1) is 26.7. The van der Waals surface area contributed by atoms with Gasteiger partial charge in [-0.3, -0.25) is 9.78 Å². The number of carbonyl (C=O) groups excluding carboxylic acids is 1. The minimum absolute atomic E-state index is 0.107. The maximum atomic E-state index is 13.5. The second kappa shape index (κ2) is 13.3. The Hall–Kier alpha value is -2.90. The molecule has 2 aromatic heterocycles. The highest BCUT2D eigenvalue weighted by molar-refractivity contribution is 6.07. The van der Waals surface area contributed by atoms with Crippen LogP contribution in [0, 0.1) is 0 Å². The lowest BCUT2D eigenvalue weighted by Gasteiger charge is -2.33. The summed E-state index contributed by atoms with van der Waals surface area (Å²) in [5.41, 5.74) is 1.58. The van der Waals surface area contributed by atoms with E-state index in [9.17, 15) is 4.79 Å². The van der Waals surface area contributed by atoms with Crippen molar-refractivity contribution < 1.29 is 18.7 Å². The van der Waals surface area contributed by atoms with Crippen molar-refractivity contribution in [3.05, 3.63) is 60.1 Å². The summed E-state index contributed by atoms with van der Waals surface area (Å²) < 4.78 is 18.4. The van der Waals surface area contributed by atoms with E-state index in [1.807, 2.05) is 41.3 Å². The van der Waals surface area contributed by atoms with Gasteiger partial charge in [0.05, 0.1) is 11.7 Å². The molecule has 5 rings (SSSR count). The molecule has 0 atom stereocenters. The highest BCUT2D eigenvalue weighted by atomic mass is 16.5. The summed E-state index contributed by atoms with van der Waals surface area (Å²) in [6.07, 6.45) is 11.9. The molecule has 1 amide bonds. The highest BCUT2D eigenvalue weighted by Crippen LogP contribution is 2.29. The molecule has 1 aromatic carbocycles. The Labute approximate surface area is 226 Å². The van der Waals surface area contributed by atoms with Crippen molar-refractivity contribution in [1.82, 2.24) is 14.8 Å². The van der Waals surface area contributed by atoms with Crippen molar-refractivity contribution in [2.24, 2.45) is 0 Å². The number of aromatic nitrogens is 1. The standard InChI is InChI=1S/C31H41N3O4/c1-2-3-8-29-30(27-7-4-5-9-28(27)38-29)31(35)34-21-14-24(15-22-34)36-23-6-18-33-19-12-26(13-20-33)37-25-10-16-32-17-11-25/h4-5,7,9-11,16-17,24,26H,2-3,6,8,12-15,18-23H2,1H3. The Morgan fingerprint density at radius 1 is 0.974 bits per heavy atom. The largest absolute Gasteiger partial charge is 0.490 e. The lowest BCUT2D eigenvalue weighted by atomic mass is 10.0. The van der Waals surface area contributed by atoms with Crippen LogP contribution in [-0.4, -0.2) is 72.2 Å². The molecule has 0 N–H and O–H groups in total. The van der Waals surface area contributed by atoms with Gasteiger partial charge in [-0.2, -0.15) is 0 Å². The molecule has 38 heavy (non-hydrogen) atoms. The predicted molar refractivity (Wildman–Crippen MR) is 149 cm³/mol. The van der Waals surface area contributed by atoms with Crippen LogP contribution < -0.4 is 4.74 Å². The van der Waals surface area contributed by atoms with E-state index in [-0.39, 0.29) is 12.0 Å². The fourth-order valence-electron chi connectivity index (χ4n) is 5.63. The number of benzene rings is 1. The molecule has 2 aliphatic rings. The number of fused-ring (bicyclic) bond motifs is 1. The number of ether oxygens (including phenoxy) is 2. The van der Waals surface area contributed by atoms with Crippen LogP contribution in [0.15, 0.2) is 53.2 Å². The van der Waals surface area contributed by atoms with Crippen LogP contribution in [-0.2, 0) is 11.2 Å². The summed E-state index contributed by atoms with van der Waals surface area (Å²) in [5.74, 6) is 1.86. The molecular formula is C31H41N3O4. The first-order valence-electron chi connectivity index (χ1n) is 14.4. The number of aryl methyl sites for hydroxylation is 1. The number of piperidine rings is 2. The number of rotatable bonds is 11. The zero-order valence-corrected chi connectivity index (χ0v) is 22.6. The van der Waals surface area contributed by atoms with E-state index < -0.39 is 0 Å². The van der Waals surface area contributed by atoms with Gasteiger partial charge in [0.2, 0.25) is 0 Å². The second-order valence-corrected chi connectivity index (χ2v) is 10.6. The van der Waals surface area contributed by atoms with Gasteiger partial charge in [0.1, 0.15) is 23.2 Å². The van der Waals surface area contributed by atoms with Gasteiger partial charge >= 0.3 is 0 Å². The summed E-state index contributed by atoms with van der Waals surface area (Å²) in [7, 11) is 0. The molecule has 3 aromatic rings. The molecule has 204 valence electrons. The Balaban J connectivity index is 1.02. The van der Waals surface area contributed by atoms with E-state index in [0.717, 1.165) is 119 Å². The number of para-hydroxylation sites is 1. The predicted octanol–water partition coefficient (Wildman–Crippen LogP) is 5.73. The molecule has 7 heteroatoms. The minimum Gasteiger partial charge on any atom is -0.490 e. The molecule has 0 radical (unpaired) electrons. The second-order valence-electron chi connectivity index (χ2n) is 10.6. The van der Waals surface area contributed by atoms with Gasteiger partial charge in [-0.15, -0.1) is 0 Å². The maximum Gasteiger partial charge on any atom is 0.258 e. The third-order valence-corrected chi connectivity index (χ3v) is 7.83. The van der Waals surface area contributed by atoms with E-state index in [0.29, 0.717) is 6.10 Å². The number of hydrogen-bond acceptors (Lipinski definition) is 6. The maximum absolute atomic E-state index is 13.5. The lowest BCUT2D eigenvalue weighted by molar-refractivity contribution is 0.00380. The van der Waals surface area contributed by atoms with Crippen LogP contribution in [0.1, 0.15) is 68.0 Å². The smallest absolute Gasteiger partial charge is 0.258 e. The highest BCUT2D eigenvalue weighted by Gasteiger charge is 2.29. The van der Waals surface area contributed by atoms with Crippen LogP contribution in [0.2, 0.25) is 0 Å². The van der Waals surface area contributed by atoms with Crippen LogP contribution in [0.3, 0.4) is 0 Å². The van der Waals surface area contributed by atoms with Gasteiger partial charge in [-0.05, 0) is 56.7 Å². The first-order valence-corrected chi connectivity index (χ1v) is 14.4. The fourth-order valence-corrected chi connectivity index (χ4v) is 5.63. The van der Waals surface area contributed by atoms with E-state index in [1.165, 1.54) is 0 Å². The monoisotopic (exact) mass is 519 g/mol. The third-order valence-electron chi connectivity index (χ3n) is 7.83. The molecule has 2 fully saturated rings. The Morgan fingerprint density at radius 3 is 2.47 bits per heavy atom. The summed E-state index contributed by atoms with van der Waals surface area (Å²) in [5, 5.41) is 0.940.